The molecule has 3 rings (SSSR count). The van der Waals surface area contributed by atoms with E-state index in [9.17, 15) is 13.2 Å². The van der Waals surface area contributed by atoms with E-state index in [1.165, 1.54) is 32.4 Å². The molecular weight excluding hydrogens is 428 g/mol. The summed E-state index contributed by atoms with van der Waals surface area (Å²) in [6.07, 6.45) is 1.46. The molecule has 7 nitrogen and oxygen atoms in total. The lowest BCUT2D eigenvalue weighted by molar-refractivity contribution is -0.111. The number of hydrogen-bond acceptors (Lipinski definition) is 5. The lowest BCUT2D eigenvalue weighted by Crippen LogP contribution is -2.15. The van der Waals surface area contributed by atoms with Crippen molar-refractivity contribution < 1.29 is 22.7 Å². The van der Waals surface area contributed by atoms with Gasteiger partial charge in [-0.15, -0.1) is 0 Å². The van der Waals surface area contributed by atoms with Crippen LogP contribution < -0.4 is 19.5 Å². The number of hydrogen-bond donors (Lipinski definition) is 2. The number of carbonyl (C=O) groups excluding carboxylic acids is 1. The zero-order valence-corrected chi connectivity index (χ0v) is 18.8. The van der Waals surface area contributed by atoms with Crippen LogP contribution in [0.2, 0.25) is 0 Å². The molecular formula is C24H24N2O5S. The van der Waals surface area contributed by atoms with Gasteiger partial charge in [-0.25, -0.2) is 8.42 Å². The van der Waals surface area contributed by atoms with Gasteiger partial charge in [0, 0.05) is 17.5 Å². The van der Waals surface area contributed by atoms with Gasteiger partial charge < -0.3 is 14.8 Å². The highest BCUT2D eigenvalue weighted by molar-refractivity contribution is 7.92. The Morgan fingerprint density at radius 1 is 0.875 bits per heavy atom. The zero-order chi connectivity index (χ0) is 23.1. The number of benzene rings is 3. The number of sulfonamides is 1. The normalized spacial score (nSPS) is 11.5. The van der Waals surface area contributed by atoms with E-state index in [4.69, 9.17) is 9.47 Å². The summed E-state index contributed by atoms with van der Waals surface area (Å²) in [6, 6.07) is 20.4. The molecule has 2 N–H and O–H groups in total. The summed E-state index contributed by atoms with van der Waals surface area (Å²) in [4.78, 5) is 12.4. The largest absolute Gasteiger partial charge is 0.497 e. The van der Waals surface area contributed by atoms with Crippen LogP contribution in [0.1, 0.15) is 12.5 Å². The molecule has 0 atom stereocenters. The Morgan fingerprint density at radius 2 is 1.53 bits per heavy atom. The number of nitrogens with one attached hydrogen (secondary N) is 2. The van der Waals surface area contributed by atoms with Crippen molar-refractivity contribution in [3.8, 4) is 11.5 Å². The molecule has 0 saturated heterocycles. The maximum Gasteiger partial charge on any atom is 0.265 e. The van der Waals surface area contributed by atoms with Crippen molar-refractivity contribution in [2.45, 2.75) is 11.8 Å². The van der Waals surface area contributed by atoms with Gasteiger partial charge in [-0.1, -0.05) is 30.3 Å². The SMILES string of the molecule is COc1ccc(NS(=O)(=O)c2cc(NC(=O)C=C(C)c3ccccc3)ccc2OC)cc1. The molecule has 0 bridgehead atoms. The van der Waals surface area contributed by atoms with Crippen LogP contribution in [0.3, 0.4) is 0 Å². The minimum absolute atomic E-state index is 0.0996. The van der Waals surface area contributed by atoms with Crippen molar-refractivity contribution in [1.29, 1.82) is 0 Å². The Kier molecular flexibility index (Phi) is 7.17. The lowest BCUT2D eigenvalue weighted by Gasteiger charge is -2.14. The van der Waals surface area contributed by atoms with E-state index in [1.54, 1.807) is 30.3 Å². The summed E-state index contributed by atoms with van der Waals surface area (Å²) in [5, 5.41) is 2.71. The van der Waals surface area contributed by atoms with Crippen LogP contribution >= 0.6 is 0 Å². The van der Waals surface area contributed by atoms with Gasteiger partial charge in [-0.05, 0) is 60.5 Å². The zero-order valence-electron chi connectivity index (χ0n) is 18.0. The Hall–Kier alpha value is -3.78. The first kappa shape index (κ1) is 22.9. The smallest absolute Gasteiger partial charge is 0.265 e. The second-order valence-electron chi connectivity index (χ2n) is 6.88. The molecule has 8 heteroatoms. The maximum atomic E-state index is 13.0. The van der Waals surface area contributed by atoms with Gasteiger partial charge >= 0.3 is 0 Å². The van der Waals surface area contributed by atoms with Crippen LogP contribution in [-0.4, -0.2) is 28.5 Å². The number of methoxy groups -OCH3 is 2. The highest BCUT2D eigenvalue weighted by Gasteiger charge is 2.21. The fraction of sp³-hybridized carbons (Fsp3) is 0.125. The van der Waals surface area contributed by atoms with Crippen LogP contribution in [0.4, 0.5) is 11.4 Å². The summed E-state index contributed by atoms with van der Waals surface area (Å²) in [6.45, 7) is 1.83. The predicted molar refractivity (Wildman–Crippen MR) is 126 cm³/mol. The summed E-state index contributed by atoms with van der Waals surface area (Å²) >= 11 is 0. The average Bonchev–Trinajstić information content (AvgIpc) is 2.79. The van der Waals surface area contributed by atoms with Crippen molar-refractivity contribution in [2.75, 3.05) is 24.3 Å². The molecule has 0 fully saturated rings. The number of anilines is 2. The molecule has 0 spiro atoms. The Labute approximate surface area is 187 Å². The fourth-order valence-electron chi connectivity index (χ4n) is 2.99. The highest BCUT2D eigenvalue weighted by atomic mass is 32.2. The van der Waals surface area contributed by atoms with Gasteiger partial charge in [0.25, 0.3) is 10.0 Å². The van der Waals surface area contributed by atoms with E-state index >= 15 is 0 Å². The topological polar surface area (TPSA) is 93.7 Å². The second-order valence-corrected chi connectivity index (χ2v) is 8.53. The van der Waals surface area contributed by atoms with Crippen molar-refractivity contribution >= 4 is 32.9 Å². The third kappa shape index (κ3) is 5.67. The molecule has 0 aliphatic rings. The van der Waals surface area contributed by atoms with Crippen LogP contribution in [0.25, 0.3) is 5.57 Å². The minimum atomic E-state index is -3.98. The fourth-order valence-corrected chi connectivity index (χ4v) is 4.25. The Bertz CT molecular complexity index is 1220. The monoisotopic (exact) mass is 452 g/mol. The molecule has 32 heavy (non-hydrogen) atoms. The molecule has 3 aromatic rings. The Morgan fingerprint density at radius 3 is 2.16 bits per heavy atom. The van der Waals surface area contributed by atoms with Gasteiger partial charge in [0.1, 0.15) is 16.4 Å². The van der Waals surface area contributed by atoms with E-state index in [0.717, 1.165) is 11.1 Å². The van der Waals surface area contributed by atoms with Gasteiger partial charge in [0.15, 0.2) is 0 Å². The molecule has 0 saturated carbocycles. The molecule has 1 amide bonds. The molecule has 0 unspecified atom stereocenters. The quantitative estimate of drug-likeness (QED) is 0.489. The van der Waals surface area contributed by atoms with Gasteiger partial charge in [0.2, 0.25) is 5.91 Å². The summed E-state index contributed by atoms with van der Waals surface area (Å²) in [5.74, 6) is 0.386. The average molecular weight is 453 g/mol. The molecule has 0 heterocycles. The van der Waals surface area contributed by atoms with E-state index in [2.05, 4.69) is 10.0 Å². The lowest BCUT2D eigenvalue weighted by atomic mass is 10.1. The van der Waals surface area contributed by atoms with E-state index in [0.29, 0.717) is 17.1 Å². The summed E-state index contributed by atoms with van der Waals surface area (Å²) in [5.41, 5.74) is 2.39. The first-order valence-electron chi connectivity index (χ1n) is 9.72. The van der Waals surface area contributed by atoms with Crippen LogP contribution in [0.15, 0.2) is 83.8 Å². The molecule has 166 valence electrons. The third-order valence-corrected chi connectivity index (χ3v) is 6.04. The van der Waals surface area contributed by atoms with Crippen molar-refractivity contribution in [3.63, 3.8) is 0 Å². The van der Waals surface area contributed by atoms with Gasteiger partial charge in [0.05, 0.1) is 14.2 Å². The molecule has 3 aromatic carbocycles. The van der Waals surface area contributed by atoms with Crippen LogP contribution in [0, 0.1) is 0 Å². The van der Waals surface area contributed by atoms with Gasteiger partial charge in [-0.3, -0.25) is 9.52 Å². The van der Waals surface area contributed by atoms with Crippen LogP contribution in [-0.2, 0) is 14.8 Å². The van der Waals surface area contributed by atoms with Crippen molar-refractivity contribution in [2.24, 2.45) is 0 Å². The second kappa shape index (κ2) is 10.0. The molecule has 0 aromatic heterocycles. The van der Waals surface area contributed by atoms with Crippen molar-refractivity contribution in [1.82, 2.24) is 0 Å². The van der Waals surface area contributed by atoms with Crippen molar-refractivity contribution in [3.05, 3.63) is 84.4 Å². The van der Waals surface area contributed by atoms with Crippen LogP contribution in [0.5, 0.6) is 11.5 Å². The third-order valence-electron chi connectivity index (χ3n) is 4.64. The summed E-state index contributed by atoms with van der Waals surface area (Å²) in [7, 11) is -1.07. The highest BCUT2D eigenvalue weighted by Crippen LogP contribution is 2.29. The number of ether oxygens (including phenoxy) is 2. The number of amides is 1. The number of allylic oxidation sites excluding steroid dienone is 1. The number of carbonyl (C=O) groups is 1. The van der Waals surface area contributed by atoms with E-state index in [1.807, 2.05) is 37.3 Å². The standard InChI is InChI=1S/C24H24N2O5S/c1-17(18-7-5-4-6-8-18)15-24(27)25-20-11-14-22(31-3)23(16-20)32(28,29)26-19-9-12-21(30-2)13-10-19/h4-16,26H,1-3H3,(H,25,27). The predicted octanol–water partition coefficient (Wildman–Crippen LogP) is 4.55. The minimum Gasteiger partial charge on any atom is -0.497 e. The first-order valence-corrected chi connectivity index (χ1v) is 11.2. The Balaban J connectivity index is 1.83. The molecule has 0 radical (unpaired) electrons. The number of rotatable bonds is 8. The molecule has 0 aliphatic heterocycles. The summed E-state index contributed by atoms with van der Waals surface area (Å²) < 4.78 is 38.8. The maximum absolute atomic E-state index is 13.0. The van der Waals surface area contributed by atoms with E-state index in [-0.39, 0.29) is 16.6 Å². The molecule has 0 aliphatic carbocycles. The van der Waals surface area contributed by atoms with Gasteiger partial charge in [-0.2, -0.15) is 0 Å². The van der Waals surface area contributed by atoms with E-state index < -0.39 is 10.0 Å². The first-order chi connectivity index (χ1) is 15.3.